The Labute approximate surface area is 161 Å². The molecular formula is C19H25Cl2N3O. The molecular weight excluding hydrogens is 357 g/mol. The van der Waals surface area contributed by atoms with Crippen LogP contribution in [0.25, 0.3) is 10.9 Å². The first-order chi connectivity index (χ1) is 11.1. The van der Waals surface area contributed by atoms with Crippen LogP contribution in [0.5, 0.6) is 0 Å². The van der Waals surface area contributed by atoms with Crippen molar-refractivity contribution in [3.05, 3.63) is 40.6 Å². The van der Waals surface area contributed by atoms with Crippen molar-refractivity contribution >= 4 is 41.6 Å². The van der Waals surface area contributed by atoms with Crippen LogP contribution in [-0.4, -0.2) is 41.0 Å². The van der Waals surface area contributed by atoms with E-state index in [9.17, 15) is 4.79 Å². The molecule has 2 fully saturated rings. The number of hydrogen-bond donors (Lipinski definition) is 1. The van der Waals surface area contributed by atoms with E-state index in [0.29, 0.717) is 12.1 Å². The normalized spacial score (nSPS) is 21.6. The fourth-order valence-electron chi connectivity index (χ4n) is 4.11. The third-order valence-electron chi connectivity index (χ3n) is 5.46. The van der Waals surface area contributed by atoms with Crippen LogP contribution in [-0.2, 0) is 0 Å². The number of fused-ring (bicyclic) bond motifs is 3. The molecule has 1 amide bonds. The molecule has 2 aromatic rings. The predicted octanol–water partition coefficient (Wildman–Crippen LogP) is 3.58. The number of piperazine rings is 1. The molecule has 2 aliphatic heterocycles. The van der Waals surface area contributed by atoms with Gasteiger partial charge < -0.3 is 10.2 Å². The standard InChI is InChI=1S/C19H23N3O.2ClH/c1-11-4-7-17-16(8-11)18(12(2)13(3)21-17)19(23)22-14-5-6-15(22)10-20-9-14;;/h4,7-8,14-15,20H,5-6,9-10H2,1-3H3;2*1H/t14-,15+;;. The van der Waals surface area contributed by atoms with Crippen LogP contribution in [0.4, 0.5) is 0 Å². The van der Waals surface area contributed by atoms with Crippen LogP contribution in [0.15, 0.2) is 18.2 Å². The Morgan fingerprint density at radius 1 is 1.12 bits per heavy atom. The Morgan fingerprint density at radius 3 is 2.40 bits per heavy atom. The lowest BCUT2D eigenvalue weighted by Gasteiger charge is -2.36. The highest BCUT2D eigenvalue weighted by Crippen LogP contribution is 2.32. The van der Waals surface area contributed by atoms with E-state index in [-0.39, 0.29) is 30.7 Å². The van der Waals surface area contributed by atoms with Gasteiger partial charge in [0.2, 0.25) is 0 Å². The van der Waals surface area contributed by atoms with E-state index in [1.807, 2.05) is 19.9 Å². The maximum absolute atomic E-state index is 13.4. The molecule has 0 radical (unpaired) electrons. The summed E-state index contributed by atoms with van der Waals surface area (Å²) in [7, 11) is 0. The zero-order valence-corrected chi connectivity index (χ0v) is 16.5. The molecule has 2 saturated heterocycles. The Kier molecular flexibility index (Phi) is 5.97. The highest BCUT2D eigenvalue weighted by molar-refractivity contribution is 6.08. The summed E-state index contributed by atoms with van der Waals surface area (Å²) in [5.74, 6) is 0.192. The molecule has 1 aromatic heterocycles. The number of nitrogens with zero attached hydrogens (tertiary/aromatic N) is 2. The first-order valence-electron chi connectivity index (χ1n) is 8.47. The van der Waals surface area contributed by atoms with Crippen LogP contribution in [0.1, 0.15) is 40.0 Å². The van der Waals surface area contributed by atoms with Crippen molar-refractivity contribution in [2.45, 2.75) is 45.7 Å². The van der Waals surface area contributed by atoms with Gasteiger partial charge in [0.05, 0.1) is 11.1 Å². The summed E-state index contributed by atoms with van der Waals surface area (Å²) in [6, 6.07) is 6.88. The number of amides is 1. The molecule has 6 heteroatoms. The SMILES string of the molecule is Cc1ccc2nc(C)c(C)c(C(=O)N3[C@@H]4CC[C@H]3CNC4)c2c1.Cl.Cl. The number of halogens is 2. The van der Waals surface area contributed by atoms with E-state index in [2.05, 4.69) is 34.3 Å². The number of aryl methyl sites for hydroxylation is 2. The van der Waals surface area contributed by atoms with Crippen molar-refractivity contribution in [2.75, 3.05) is 13.1 Å². The summed E-state index contributed by atoms with van der Waals surface area (Å²) in [4.78, 5) is 20.2. The van der Waals surface area contributed by atoms with Gasteiger partial charge in [-0.2, -0.15) is 0 Å². The molecule has 136 valence electrons. The van der Waals surface area contributed by atoms with Crippen LogP contribution in [0.3, 0.4) is 0 Å². The van der Waals surface area contributed by atoms with Gasteiger partial charge in [0.25, 0.3) is 5.91 Å². The number of aromatic nitrogens is 1. The Hall–Kier alpha value is -1.36. The van der Waals surface area contributed by atoms with Crippen molar-refractivity contribution in [2.24, 2.45) is 0 Å². The smallest absolute Gasteiger partial charge is 0.255 e. The van der Waals surface area contributed by atoms with Gasteiger partial charge in [-0.1, -0.05) is 11.6 Å². The van der Waals surface area contributed by atoms with Crippen molar-refractivity contribution in [1.82, 2.24) is 15.2 Å². The van der Waals surface area contributed by atoms with E-state index in [0.717, 1.165) is 53.7 Å². The fourth-order valence-corrected chi connectivity index (χ4v) is 4.11. The van der Waals surface area contributed by atoms with Crippen LogP contribution in [0.2, 0.25) is 0 Å². The highest BCUT2D eigenvalue weighted by atomic mass is 35.5. The molecule has 25 heavy (non-hydrogen) atoms. The Bertz CT molecular complexity index is 793. The maximum Gasteiger partial charge on any atom is 0.255 e. The Morgan fingerprint density at radius 2 is 1.76 bits per heavy atom. The van der Waals surface area contributed by atoms with Crippen molar-refractivity contribution < 1.29 is 4.79 Å². The molecule has 0 aliphatic carbocycles. The summed E-state index contributed by atoms with van der Waals surface area (Å²) in [6.07, 6.45) is 2.23. The summed E-state index contributed by atoms with van der Waals surface area (Å²) in [5, 5.41) is 4.45. The minimum Gasteiger partial charge on any atom is -0.330 e. The van der Waals surface area contributed by atoms with Gasteiger partial charge in [-0.05, 0) is 51.3 Å². The number of rotatable bonds is 1. The number of nitrogens with one attached hydrogen (secondary N) is 1. The zero-order chi connectivity index (χ0) is 16.1. The maximum atomic E-state index is 13.4. The molecule has 0 unspecified atom stereocenters. The molecule has 0 spiro atoms. The molecule has 1 N–H and O–H groups in total. The first kappa shape index (κ1) is 20.0. The topological polar surface area (TPSA) is 45.2 Å². The van der Waals surface area contributed by atoms with Gasteiger partial charge in [0, 0.05) is 36.3 Å². The third-order valence-corrected chi connectivity index (χ3v) is 5.46. The number of benzene rings is 1. The number of carbonyl (C=O) groups is 1. The van der Waals surface area contributed by atoms with E-state index in [1.165, 1.54) is 5.56 Å². The van der Waals surface area contributed by atoms with Gasteiger partial charge in [0.1, 0.15) is 0 Å². The molecule has 4 rings (SSSR count). The summed E-state index contributed by atoms with van der Waals surface area (Å²) in [6.45, 7) is 7.93. The fraction of sp³-hybridized carbons (Fsp3) is 0.474. The number of pyridine rings is 1. The van der Waals surface area contributed by atoms with E-state index >= 15 is 0 Å². The van der Waals surface area contributed by atoms with Gasteiger partial charge >= 0.3 is 0 Å². The molecule has 3 heterocycles. The molecule has 2 bridgehead atoms. The second-order valence-electron chi connectivity index (χ2n) is 6.97. The monoisotopic (exact) mass is 381 g/mol. The first-order valence-corrected chi connectivity index (χ1v) is 8.47. The van der Waals surface area contributed by atoms with Crippen LogP contribution >= 0.6 is 24.8 Å². The van der Waals surface area contributed by atoms with Gasteiger partial charge in [0.15, 0.2) is 0 Å². The third kappa shape index (κ3) is 3.23. The molecule has 2 aliphatic rings. The highest BCUT2D eigenvalue weighted by Gasteiger charge is 2.40. The van der Waals surface area contributed by atoms with Crippen molar-refractivity contribution in [1.29, 1.82) is 0 Å². The number of carbonyl (C=O) groups excluding carboxylic acids is 1. The average Bonchev–Trinajstić information content (AvgIpc) is 2.78. The molecule has 2 atom stereocenters. The lowest BCUT2D eigenvalue weighted by molar-refractivity contribution is 0.0620. The van der Waals surface area contributed by atoms with E-state index in [4.69, 9.17) is 0 Å². The number of hydrogen-bond acceptors (Lipinski definition) is 3. The van der Waals surface area contributed by atoms with Crippen molar-refractivity contribution in [3.63, 3.8) is 0 Å². The molecule has 4 nitrogen and oxygen atoms in total. The van der Waals surface area contributed by atoms with E-state index < -0.39 is 0 Å². The largest absolute Gasteiger partial charge is 0.330 e. The summed E-state index contributed by atoms with van der Waals surface area (Å²) >= 11 is 0. The van der Waals surface area contributed by atoms with Gasteiger partial charge in [-0.15, -0.1) is 24.8 Å². The second kappa shape index (κ2) is 7.48. The second-order valence-corrected chi connectivity index (χ2v) is 6.97. The summed E-state index contributed by atoms with van der Waals surface area (Å²) in [5.41, 5.74) is 4.91. The molecule has 0 saturated carbocycles. The van der Waals surface area contributed by atoms with Crippen LogP contribution < -0.4 is 5.32 Å². The average molecular weight is 382 g/mol. The summed E-state index contributed by atoms with van der Waals surface area (Å²) < 4.78 is 0. The van der Waals surface area contributed by atoms with E-state index in [1.54, 1.807) is 0 Å². The predicted molar refractivity (Wildman–Crippen MR) is 106 cm³/mol. The van der Waals surface area contributed by atoms with Gasteiger partial charge in [-0.3, -0.25) is 9.78 Å². The lowest BCUT2D eigenvalue weighted by atomic mass is 9.98. The van der Waals surface area contributed by atoms with Crippen molar-refractivity contribution in [3.8, 4) is 0 Å². The lowest BCUT2D eigenvalue weighted by Crippen LogP contribution is -2.54. The zero-order valence-electron chi connectivity index (χ0n) is 14.8. The van der Waals surface area contributed by atoms with Gasteiger partial charge in [-0.25, -0.2) is 0 Å². The molecule has 1 aromatic carbocycles. The quantitative estimate of drug-likeness (QED) is 0.820. The van der Waals surface area contributed by atoms with Crippen LogP contribution in [0, 0.1) is 20.8 Å². The minimum atomic E-state index is 0. The minimum absolute atomic E-state index is 0. The Balaban J connectivity index is 0.00000113.